The summed E-state index contributed by atoms with van der Waals surface area (Å²) < 4.78 is 29.6. The van der Waals surface area contributed by atoms with Crippen LogP contribution in [0.2, 0.25) is 0 Å². The van der Waals surface area contributed by atoms with Crippen molar-refractivity contribution in [2.75, 3.05) is 11.4 Å². The van der Waals surface area contributed by atoms with Crippen molar-refractivity contribution < 1.29 is 13.0 Å². The summed E-state index contributed by atoms with van der Waals surface area (Å²) in [6, 6.07) is 19.1. The van der Waals surface area contributed by atoms with E-state index in [4.69, 9.17) is 4.55 Å². The van der Waals surface area contributed by atoms with Gasteiger partial charge >= 0.3 is 0 Å². The molecule has 3 aromatic rings. The van der Waals surface area contributed by atoms with Gasteiger partial charge in [-0.1, -0.05) is 59.8 Å². The number of benzene rings is 3. The maximum atomic E-state index is 10.5. The van der Waals surface area contributed by atoms with Gasteiger partial charge in [0.2, 0.25) is 0 Å². The molecular weight excluding hydrogens is 378 g/mol. The third-order valence-electron chi connectivity index (χ3n) is 4.56. The largest absolute Gasteiger partial charge is 0.359 e. The summed E-state index contributed by atoms with van der Waals surface area (Å²) in [5.74, 6) is 0. The summed E-state index contributed by atoms with van der Waals surface area (Å²) in [6.45, 7) is 7.43. The first-order chi connectivity index (χ1) is 12.8. The van der Waals surface area contributed by atoms with Gasteiger partial charge in [-0.2, -0.15) is 8.42 Å². The topological polar surface area (TPSA) is 57.6 Å². The van der Waals surface area contributed by atoms with Crippen LogP contribution >= 0.6 is 11.8 Å². The van der Waals surface area contributed by atoms with E-state index >= 15 is 0 Å². The lowest BCUT2D eigenvalue weighted by atomic mass is 10.1. The molecule has 1 aliphatic rings. The van der Waals surface area contributed by atoms with Crippen LogP contribution in [0.4, 0.5) is 5.69 Å². The predicted molar refractivity (Wildman–Crippen MR) is 113 cm³/mol. The highest BCUT2D eigenvalue weighted by atomic mass is 32.2. The van der Waals surface area contributed by atoms with Gasteiger partial charge in [0, 0.05) is 11.4 Å². The highest BCUT2D eigenvalue weighted by Gasteiger charge is 2.26. The Hall–Kier alpha value is -2.02. The molecule has 3 aromatic carbocycles. The minimum atomic E-state index is -4.02. The maximum absolute atomic E-state index is 10.5. The number of rotatable bonds is 2. The van der Waals surface area contributed by atoms with Crippen molar-refractivity contribution in [1.29, 1.82) is 0 Å². The first-order valence-electron chi connectivity index (χ1n) is 8.80. The Labute approximate surface area is 165 Å². The van der Waals surface area contributed by atoms with Crippen molar-refractivity contribution in [2.45, 2.75) is 35.9 Å². The van der Waals surface area contributed by atoms with Gasteiger partial charge in [-0.15, -0.1) is 0 Å². The third kappa shape index (κ3) is 4.29. The molecule has 6 heteroatoms. The average molecular weight is 402 g/mol. The fraction of sp³-hybridized carbons (Fsp3) is 0.238. The van der Waals surface area contributed by atoms with E-state index in [1.807, 2.05) is 18.7 Å². The molecule has 4 rings (SSSR count). The summed E-state index contributed by atoms with van der Waals surface area (Å²) in [4.78, 5) is 3.85. The molecule has 0 aromatic heterocycles. The van der Waals surface area contributed by atoms with E-state index in [0.717, 1.165) is 12.1 Å². The zero-order chi connectivity index (χ0) is 19.6. The van der Waals surface area contributed by atoms with E-state index in [-0.39, 0.29) is 4.90 Å². The van der Waals surface area contributed by atoms with E-state index in [0.29, 0.717) is 5.37 Å². The number of thioether (sulfide) groups is 1. The van der Waals surface area contributed by atoms with Crippen LogP contribution in [0.1, 0.15) is 19.4 Å². The molecule has 1 aliphatic heterocycles. The number of hydrogen-bond acceptors (Lipinski definition) is 4. The lowest BCUT2D eigenvalue weighted by Gasteiger charge is -2.21. The molecule has 0 aliphatic carbocycles. The van der Waals surface area contributed by atoms with E-state index < -0.39 is 10.1 Å². The summed E-state index contributed by atoms with van der Waals surface area (Å²) in [7, 11) is -4.02. The fourth-order valence-electron chi connectivity index (χ4n) is 3.15. The van der Waals surface area contributed by atoms with Crippen LogP contribution in [-0.2, 0) is 10.1 Å². The van der Waals surface area contributed by atoms with Crippen molar-refractivity contribution in [3.63, 3.8) is 0 Å². The Kier molecular flexibility index (Phi) is 5.79. The van der Waals surface area contributed by atoms with Crippen LogP contribution in [0.15, 0.2) is 70.5 Å². The number of anilines is 1. The van der Waals surface area contributed by atoms with Gasteiger partial charge in [-0.25, -0.2) is 0 Å². The molecule has 1 atom stereocenters. The van der Waals surface area contributed by atoms with Crippen LogP contribution in [0.25, 0.3) is 10.8 Å². The molecule has 0 saturated carbocycles. The summed E-state index contributed by atoms with van der Waals surface area (Å²) in [5, 5.41) is 3.30. The van der Waals surface area contributed by atoms with Crippen molar-refractivity contribution >= 4 is 38.3 Å². The van der Waals surface area contributed by atoms with Crippen molar-refractivity contribution in [1.82, 2.24) is 0 Å². The summed E-state index contributed by atoms with van der Waals surface area (Å²) in [6.07, 6.45) is 0. The average Bonchev–Trinajstić information content (AvgIpc) is 2.97. The minimum absolute atomic E-state index is 0.0666. The van der Waals surface area contributed by atoms with Gasteiger partial charge in [0.1, 0.15) is 0 Å². The van der Waals surface area contributed by atoms with E-state index in [1.165, 1.54) is 33.5 Å². The Morgan fingerprint density at radius 1 is 1.04 bits per heavy atom. The van der Waals surface area contributed by atoms with Crippen molar-refractivity contribution in [3.8, 4) is 0 Å². The molecule has 0 fully saturated rings. The molecule has 1 unspecified atom stereocenters. The van der Waals surface area contributed by atoms with Gasteiger partial charge in [0.15, 0.2) is 0 Å². The van der Waals surface area contributed by atoms with Gasteiger partial charge in [0.05, 0.1) is 16.0 Å². The second kappa shape index (κ2) is 7.92. The van der Waals surface area contributed by atoms with Crippen LogP contribution in [0.5, 0.6) is 0 Å². The predicted octanol–water partition coefficient (Wildman–Crippen LogP) is 5.36. The Morgan fingerprint density at radius 3 is 2.33 bits per heavy atom. The lowest BCUT2D eigenvalue weighted by molar-refractivity contribution is 0.483. The van der Waals surface area contributed by atoms with Crippen molar-refractivity contribution in [2.24, 2.45) is 0 Å². The van der Waals surface area contributed by atoms with Crippen LogP contribution in [0.3, 0.4) is 0 Å². The third-order valence-corrected chi connectivity index (χ3v) is 6.68. The lowest BCUT2D eigenvalue weighted by Crippen LogP contribution is -2.25. The molecule has 142 valence electrons. The van der Waals surface area contributed by atoms with Crippen LogP contribution in [0, 0.1) is 6.92 Å². The van der Waals surface area contributed by atoms with Gasteiger partial charge < -0.3 is 4.90 Å². The Morgan fingerprint density at radius 2 is 1.70 bits per heavy atom. The quantitative estimate of drug-likeness (QED) is 0.586. The maximum Gasteiger partial charge on any atom is 0.294 e. The molecular formula is C21H23NO3S2. The summed E-state index contributed by atoms with van der Waals surface area (Å²) in [5.41, 5.74) is 2.36. The van der Waals surface area contributed by atoms with Crippen LogP contribution < -0.4 is 4.90 Å². The van der Waals surface area contributed by atoms with E-state index in [9.17, 15) is 8.42 Å². The van der Waals surface area contributed by atoms with Crippen molar-refractivity contribution in [3.05, 3.63) is 66.2 Å². The fourth-order valence-corrected chi connectivity index (χ4v) is 4.98. The van der Waals surface area contributed by atoms with E-state index in [2.05, 4.69) is 55.1 Å². The van der Waals surface area contributed by atoms with Crippen LogP contribution in [-0.4, -0.2) is 24.9 Å². The molecule has 27 heavy (non-hydrogen) atoms. The Balaban J connectivity index is 0.000000168. The monoisotopic (exact) mass is 401 g/mol. The number of hydrogen-bond donors (Lipinski definition) is 1. The molecule has 0 saturated heterocycles. The van der Waals surface area contributed by atoms with Gasteiger partial charge in [-0.05, 0) is 49.7 Å². The molecule has 0 spiro atoms. The molecule has 0 bridgehead atoms. The molecule has 0 amide bonds. The summed E-state index contributed by atoms with van der Waals surface area (Å²) >= 11 is 1.98. The smallest absolute Gasteiger partial charge is 0.294 e. The van der Waals surface area contributed by atoms with Gasteiger partial charge in [0.25, 0.3) is 10.1 Å². The first-order valence-corrected chi connectivity index (χ1v) is 11.1. The normalized spacial score (nSPS) is 16.0. The first kappa shape index (κ1) is 19.7. The van der Waals surface area contributed by atoms with Gasteiger partial charge in [-0.3, -0.25) is 4.55 Å². The second-order valence-corrected chi connectivity index (χ2v) is 9.17. The molecule has 1 heterocycles. The standard InChI is InChI=1S/C14H15NS.C7H8O3S/c1-3-15-10(2)16-14-12-7-5-4-6-11(12)8-9-13(14)15;1-6-2-4-7(5-3-6)11(8,9)10/h4-10H,3H2,1-2H3;2-5H,1H3,(H,8,9,10). The number of fused-ring (bicyclic) bond motifs is 3. The molecule has 4 nitrogen and oxygen atoms in total. The Bertz CT molecular complexity index is 1050. The number of nitrogens with zero attached hydrogens (tertiary/aromatic N) is 1. The zero-order valence-electron chi connectivity index (χ0n) is 15.6. The minimum Gasteiger partial charge on any atom is -0.359 e. The van der Waals surface area contributed by atoms with E-state index in [1.54, 1.807) is 12.1 Å². The highest BCUT2D eigenvalue weighted by molar-refractivity contribution is 8.00. The SMILES string of the molecule is CCN1c2ccc3ccccc3c2SC1C.Cc1ccc(S(=O)(=O)O)cc1. The molecule has 0 radical (unpaired) electrons. The molecule has 1 N–H and O–H groups in total. The zero-order valence-corrected chi connectivity index (χ0v) is 17.2. The highest BCUT2D eigenvalue weighted by Crippen LogP contribution is 2.46. The second-order valence-electron chi connectivity index (χ2n) is 6.43. The number of aryl methyl sites for hydroxylation is 1.